The van der Waals surface area contributed by atoms with Crippen LogP contribution in [-0.2, 0) is 23.9 Å². The number of hydrogen-bond acceptors (Lipinski definition) is 5. The monoisotopic (exact) mass is 489 g/mol. The highest BCUT2D eigenvalue weighted by Gasteiger charge is 2.39. The summed E-state index contributed by atoms with van der Waals surface area (Å²) in [5.41, 5.74) is 0.0501. The van der Waals surface area contributed by atoms with E-state index in [0.29, 0.717) is 19.6 Å². The number of hydrogen-bond donors (Lipinski definition) is 2. The summed E-state index contributed by atoms with van der Waals surface area (Å²) in [5.74, 6) is -2.75. The Labute approximate surface area is 205 Å². The predicted octanol–water partition coefficient (Wildman–Crippen LogP) is 2.62. The van der Waals surface area contributed by atoms with E-state index in [-0.39, 0.29) is 36.9 Å². The van der Waals surface area contributed by atoms with Gasteiger partial charge in [0, 0.05) is 37.9 Å². The van der Waals surface area contributed by atoms with E-state index in [4.69, 9.17) is 9.47 Å². The molecular weight excluding hydrogens is 453 g/mol. The third-order valence-corrected chi connectivity index (χ3v) is 7.11. The molecule has 3 amide bonds. The third-order valence-electron chi connectivity index (χ3n) is 7.11. The smallest absolute Gasteiger partial charge is 0.312 e. The van der Waals surface area contributed by atoms with Crippen molar-refractivity contribution < 1.29 is 28.2 Å². The number of nitrogens with zero attached hydrogens (tertiary/aromatic N) is 1. The van der Waals surface area contributed by atoms with Crippen molar-refractivity contribution in [3.63, 3.8) is 0 Å². The minimum atomic E-state index is -1.30. The SMILES string of the molecule is O=C(NC1CCCCC1)C(=O)N(C[C@@H]1CCCO1)[C@@H](C(=O)NC[C@@H]1CCCO1)c1ccccc1F. The standard InChI is InChI=1S/C26H36FN3O5/c27-22-13-5-4-12-21(22)23(24(31)28-16-19-10-6-14-34-19)30(17-20-11-7-15-35-20)26(33)25(32)29-18-8-2-1-3-9-18/h4-5,12-13,18-20,23H,1-3,6-11,14-17H2,(H,28,31)(H,29,32)/t19-,20-,23+/m0/s1. The molecule has 1 aromatic carbocycles. The number of amides is 3. The Bertz CT molecular complexity index is 879. The van der Waals surface area contributed by atoms with Crippen LogP contribution in [0.4, 0.5) is 4.39 Å². The molecule has 2 saturated heterocycles. The van der Waals surface area contributed by atoms with E-state index < -0.39 is 29.6 Å². The molecule has 1 saturated carbocycles. The molecule has 192 valence electrons. The molecule has 2 heterocycles. The summed E-state index contributed by atoms with van der Waals surface area (Å²) in [6, 6.07) is 4.53. The molecule has 0 unspecified atom stereocenters. The number of rotatable bonds is 8. The normalized spacial score (nSPS) is 23.6. The van der Waals surface area contributed by atoms with Gasteiger partial charge in [0.15, 0.2) is 0 Å². The molecule has 1 aromatic rings. The first-order valence-corrected chi connectivity index (χ1v) is 12.9. The van der Waals surface area contributed by atoms with Crippen LogP contribution in [0.1, 0.15) is 69.4 Å². The van der Waals surface area contributed by atoms with Crippen LogP contribution >= 0.6 is 0 Å². The first-order valence-electron chi connectivity index (χ1n) is 12.9. The summed E-state index contributed by atoms with van der Waals surface area (Å²) < 4.78 is 26.3. The maximum atomic E-state index is 15.0. The van der Waals surface area contributed by atoms with Crippen LogP contribution in [0.5, 0.6) is 0 Å². The Kier molecular flexibility index (Phi) is 9.09. The van der Waals surface area contributed by atoms with Gasteiger partial charge in [-0.05, 0) is 44.6 Å². The van der Waals surface area contributed by atoms with Gasteiger partial charge < -0.3 is 25.0 Å². The molecule has 2 aliphatic heterocycles. The van der Waals surface area contributed by atoms with Gasteiger partial charge in [-0.2, -0.15) is 0 Å². The van der Waals surface area contributed by atoms with Crippen LogP contribution in [0.15, 0.2) is 24.3 Å². The van der Waals surface area contributed by atoms with Crippen LogP contribution in [0.2, 0.25) is 0 Å². The lowest BCUT2D eigenvalue weighted by molar-refractivity contribution is -0.151. The number of carbonyl (C=O) groups excluding carboxylic acids is 3. The number of ether oxygens (including phenoxy) is 2. The number of nitrogens with one attached hydrogen (secondary N) is 2. The summed E-state index contributed by atoms with van der Waals surface area (Å²) in [6.45, 7) is 1.49. The molecule has 0 aromatic heterocycles. The Morgan fingerprint density at radius 3 is 2.29 bits per heavy atom. The van der Waals surface area contributed by atoms with Crippen molar-refractivity contribution in [3.05, 3.63) is 35.6 Å². The number of benzene rings is 1. The van der Waals surface area contributed by atoms with Gasteiger partial charge in [-0.3, -0.25) is 14.4 Å². The summed E-state index contributed by atoms with van der Waals surface area (Å²) in [7, 11) is 0. The second-order valence-corrected chi connectivity index (χ2v) is 9.71. The van der Waals surface area contributed by atoms with Crippen molar-refractivity contribution >= 4 is 17.7 Å². The summed E-state index contributed by atoms with van der Waals surface area (Å²) in [6.07, 6.45) is 7.61. The van der Waals surface area contributed by atoms with Gasteiger partial charge in [-0.15, -0.1) is 0 Å². The van der Waals surface area contributed by atoms with E-state index in [9.17, 15) is 18.8 Å². The number of carbonyl (C=O) groups is 3. The van der Waals surface area contributed by atoms with Gasteiger partial charge in [-0.1, -0.05) is 37.5 Å². The van der Waals surface area contributed by atoms with Gasteiger partial charge >= 0.3 is 11.8 Å². The Morgan fingerprint density at radius 1 is 0.943 bits per heavy atom. The number of halogens is 1. The van der Waals surface area contributed by atoms with Crippen LogP contribution in [0.25, 0.3) is 0 Å². The molecule has 3 atom stereocenters. The topological polar surface area (TPSA) is 97.0 Å². The van der Waals surface area contributed by atoms with E-state index in [0.717, 1.165) is 51.4 Å². The third kappa shape index (κ3) is 6.79. The molecule has 35 heavy (non-hydrogen) atoms. The summed E-state index contributed by atoms with van der Waals surface area (Å²) in [5, 5.41) is 5.68. The average molecular weight is 490 g/mol. The maximum absolute atomic E-state index is 15.0. The van der Waals surface area contributed by atoms with Crippen LogP contribution in [0.3, 0.4) is 0 Å². The van der Waals surface area contributed by atoms with Gasteiger partial charge in [-0.25, -0.2) is 4.39 Å². The second kappa shape index (κ2) is 12.4. The molecule has 0 spiro atoms. The fourth-order valence-corrected chi connectivity index (χ4v) is 5.20. The quantitative estimate of drug-likeness (QED) is 0.548. The van der Waals surface area contributed by atoms with E-state index >= 15 is 0 Å². The van der Waals surface area contributed by atoms with Crippen molar-refractivity contribution in [2.75, 3.05) is 26.3 Å². The minimum absolute atomic E-state index is 0.0310. The van der Waals surface area contributed by atoms with E-state index in [1.807, 2.05) is 0 Å². The lowest BCUT2D eigenvalue weighted by Gasteiger charge is -2.33. The lowest BCUT2D eigenvalue weighted by atomic mass is 9.95. The molecular formula is C26H36FN3O5. The second-order valence-electron chi connectivity index (χ2n) is 9.71. The van der Waals surface area contributed by atoms with Gasteiger partial charge in [0.2, 0.25) is 5.91 Å². The lowest BCUT2D eigenvalue weighted by Crippen LogP contribution is -2.53. The van der Waals surface area contributed by atoms with Gasteiger partial charge in [0.05, 0.1) is 12.2 Å². The van der Waals surface area contributed by atoms with Gasteiger partial charge in [0.1, 0.15) is 11.9 Å². The molecule has 3 aliphatic rings. The van der Waals surface area contributed by atoms with Crippen molar-refractivity contribution in [3.8, 4) is 0 Å². The van der Waals surface area contributed by atoms with Gasteiger partial charge in [0.25, 0.3) is 0 Å². The summed E-state index contributed by atoms with van der Waals surface area (Å²) >= 11 is 0. The zero-order chi connectivity index (χ0) is 24.6. The predicted molar refractivity (Wildman–Crippen MR) is 127 cm³/mol. The Hall–Kier alpha value is -2.52. The molecule has 4 rings (SSSR count). The van der Waals surface area contributed by atoms with E-state index in [1.165, 1.54) is 23.1 Å². The highest BCUT2D eigenvalue weighted by Crippen LogP contribution is 2.27. The maximum Gasteiger partial charge on any atom is 0.312 e. The summed E-state index contributed by atoms with van der Waals surface area (Å²) in [4.78, 5) is 41.3. The van der Waals surface area contributed by atoms with Crippen LogP contribution in [0, 0.1) is 5.82 Å². The van der Waals surface area contributed by atoms with Crippen molar-refractivity contribution in [1.82, 2.24) is 15.5 Å². The molecule has 1 aliphatic carbocycles. The van der Waals surface area contributed by atoms with Crippen LogP contribution in [-0.4, -0.2) is 67.2 Å². The Morgan fingerprint density at radius 2 is 1.63 bits per heavy atom. The Balaban J connectivity index is 1.58. The van der Waals surface area contributed by atoms with Crippen molar-refractivity contribution in [2.45, 2.75) is 82.1 Å². The molecule has 0 radical (unpaired) electrons. The van der Waals surface area contributed by atoms with Crippen molar-refractivity contribution in [1.29, 1.82) is 0 Å². The fraction of sp³-hybridized carbons (Fsp3) is 0.654. The average Bonchev–Trinajstić information content (AvgIpc) is 3.58. The first-order chi connectivity index (χ1) is 17.0. The minimum Gasteiger partial charge on any atom is -0.376 e. The van der Waals surface area contributed by atoms with E-state index in [1.54, 1.807) is 6.07 Å². The highest BCUT2D eigenvalue weighted by molar-refractivity contribution is 6.35. The zero-order valence-electron chi connectivity index (χ0n) is 20.2. The zero-order valence-corrected chi connectivity index (χ0v) is 20.2. The molecule has 0 bridgehead atoms. The first kappa shape index (κ1) is 25.6. The molecule has 9 heteroatoms. The highest BCUT2D eigenvalue weighted by atomic mass is 19.1. The fourth-order valence-electron chi connectivity index (χ4n) is 5.20. The molecule has 2 N–H and O–H groups in total. The largest absolute Gasteiger partial charge is 0.376 e. The molecule has 3 fully saturated rings. The van der Waals surface area contributed by atoms with E-state index in [2.05, 4.69) is 10.6 Å². The van der Waals surface area contributed by atoms with Crippen LogP contribution < -0.4 is 10.6 Å². The van der Waals surface area contributed by atoms with Crippen molar-refractivity contribution in [2.24, 2.45) is 0 Å². The molecule has 8 nitrogen and oxygen atoms in total.